The van der Waals surface area contributed by atoms with Crippen molar-refractivity contribution in [2.75, 3.05) is 12.3 Å². The molecule has 1 nitrogen and oxygen atoms in total. The van der Waals surface area contributed by atoms with Crippen molar-refractivity contribution >= 4 is 23.4 Å². The molecule has 4 heteroatoms. The molecule has 1 aliphatic heterocycles. The Morgan fingerprint density at radius 1 is 1.50 bits per heavy atom. The molecule has 1 aromatic carbocycles. The summed E-state index contributed by atoms with van der Waals surface area (Å²) in [7, 11) is 0. The maximum absolute atomic E-state index is 14.1. The van der Waals surface area contributed by atoms with Gasteiger partial charge in [0.05, 0.1) is 5.02 Å². The number of thioether (sulfide) groups is 1. The molecule has 0 aliphatic carbocycles. The van der Waals surface area contributed by atoms with Crippen LogP contribution in [0.15, 0.2) is 12.1 Å². The summed E-state index contributed by atoms with van der Waals surface area (Å²) in [5.74, 6) is 2.03. The van der Waals surface area contributed by atoms with E-state index in [1.54, 1.807) is 17.8 Å². The number of hydrogen-bond donors (Lipinski definition) is 1. The summed E-state index contributed by atoms with van der Waals surface area (Å²) in [5, 5.41) is 3.78. The Labute approximate surface area is 117 Å². The standard InChI is InChI=1S/C14H19ClFNS/c1-3-6-17-14-9(2)7-18-8-11-10(14)4-5-12(15)13(11)16/h4-5,9,14,17H,3,6-8H2,1-2H3. The fourth-order valence-electron chi connectivity index (χ4n) is 2.41. The first-order chi connectivity index (χ1) is 8.65. The molecule has 2 unspecified atom stereocenters. The maximum atomic E-state index is 14.1. The van der Waals surface area contributed by atoms with Crippen molar-refractivity contribution in [3.63, 3.8) is 0 Å². The lowest BCUT2D eigenvalue weighted by atomic mass is 9.92. The van der Waals surface area contributed by atoms with E-state index in [1.165, 1.54) is 0 Å². The highest BCUT2D eigenvalue weighted by Gasteiger charge is 2.27. The van der Waals surface area contributed by atoms with Gasteiger partial charge in [0.25, 0.3) is 0 Å². The molecule has 1 N–H and O–H groups in total. The number of nitrogens with one attached hydrogen (secondary N) is 1. The predicted molar refractivity (Wildman–Crippen MR) is 77.8 cm³/mol. The quantitative estimate of drug-likeness (QED) is 0.884. The van der Waals surface area contributed by atoms with Crippen LogP contribution >= 0.6 is 23.4 Å². The van der Waals surface area contributed by atoms with E-state index in [1.807, 2.05) is 6.07 Å². The minimum Gasteiger partial charge on any atom is -0.310 e. The number of fused-ring (bicyclic) bond motifs is 1. The van der Waals surface area contributed by atoms with E-state index in [4.69, 9.17) is 11.6 Å². The summed E-state index contributed by atoms with van der Waals surface area (Å²) in [6, 6.07) is 3.90. The predicted octanol–water partition coefficient (Wildman–Crippen LogP) is 4.40. The van der Waals surface area contributed by atoms with Gasteiger partial charge in [0.1, 0.15) is 5.82 Å². The highest BCUT2D eigenvalue weighted by molar-refractivity contribution is 7.98. The van der Waals surface area contributed by atoms with Gasteiger partial charge in [-0.3, -0.25) is 0 Å². The van der Waals surface area contributed by atoms with Crippen LogP contribution in [0, 0.1) is 11.7 Å². The van der Waals surface area contributed by atoms with Crippen molar-refractivity contribution in [1.82, 2.24) is 5.32 Å². The molecule has 0 aromatic heterocycles. The fourth-order valence-corrected chi connectivity index (χ4v) is 3.76. The highest BCUT2D eigenvalue weighted by atomic mass is 35.5. The van der Waals surface area contributed by atoms with Crippen LogP contribution in [0.25, 0.3) is 0 Å². The number of hydrogen-bond acceptors (Lipinski definition) is 2. The van der Waals surface area contributed by atoms with Crippen LogP contribution in [0.4, 0.5) is 4.39 Å². The lowest BCUT2D eigenvalue weighted by Crippen LogP contribution is -2.28. The average molecular weight is 288 g/mol. The normalized spacial score (nSPS) is 23.6. The molecule has 0 spiro atoms. The van der Waals surface area contributed by atoms with Crippen LogP contribution in [-0.4, -0.2) is 12.3 Å². The molecule has 18 heavy (non-hydrogen) atoms. The summed E-state index contributed by atoms with van der Waals surface area (Å²) < 4.78 is 14.1. The molecule has 0 saturated carbocycles. The smallest absolute Gasteiger partial charge is 0.146 e. The van der Waals surface area contributed by atoms with E-state index in [-0.39, 0.29) is 16.9 Å². The molecule has 0 fully saturated rings. The SMILES string of the molecule is CCCNC1c2ccc(Cl)c(F)c2CSCC1C. The average Bonchev–Trinajstić information content (AvgIpc) is 2.51. The zero-order chi connectivity index (χ0) is 13.1. The second kappa shape index (κ2) is 6.27. The van der Waals surface area contributed by atoms with E-state index < -0.39 is 0 Å². The van der Waals surface area contributed by atoms with Crippen molar-refractivity contribution in [3.05, 3.63) is 34.1 Å². The Morgan fingerprint density at radius 2 is 2.28 bits per heavy atom. The van der Waals surface area contributed by atoms with Gasteiger partial charge in [-0.1, -0.05) is 31.5 Å². The summed E-state index contributed by atoms with van der Waals surface area (Å²) in [5.41, 5.74) is 1.87. The molecule has 1 heterocycles. The molecule has 2 atom stereocenters. The third kappa shape index (κ3) is 2.84. The Balaban J connectivity index is 2.39. The fraction of sp³-hybridized carbons (Fsp3) is 0.571. The second-order valence-electron chi connectivity index (χ2n) is 4.85. The van der Waals surface area contributed by atoms with Crippen molar-refractivity contribution in [3.8, 4) is 0 Å². The molecular weight excluding hydrogens is 269 g/mol. The molecule has 0 amide bonds. The summed E-state index contributed by atoms with van der Waals surface area (Å²) in [6.07, 6.45) is 1.09. The van der Waals surface area contributed by atoms with Gasteiger partial charge in [-0.05, 0) is 36.3 Å². The third-order valence-electron chi connectivity index (χ3n) is 3.38. The molecule has 1 aromatic rings. The molecule has 2 rings (SSSR count). The zero-order valence-electron chi connectivity index (χ0n) is 10.8. The minimum atomic E-state index is -0.237. The van der Waals surface area contributed by atoms with Crippen LogP contribution in [0.3, 0.4) is 0 Å². The number of rotatable bonds is 3. The topological polar surface area (TPSA) is 12.0 Å². The monoisotopic (exact) mass is 287 g/mol. The van der Waals surface area contributed by atoms with Crippen LogP contribution in [0.5, 0.6) is 0 Å². The Morgan fingerprint density at radius 3 is 3.00 bits per heavy atom. The van der Waals surface area contributed by atoms with Gasteiger partial charge in [0, 0.05) is 17.4 Å². The Kier molecular flexibility index (Phi) is 4.93. The summed E-state index contributed by atoms with van der Waals surface area (Å²) in [4.78, 5) is 0. The van der Waals surface area contributed by atoms with E-state index in [9.17, 15) is 4.39 Å². The Bertz CT molecular complexity index is 425. The van der Waals surface area contributed by atoms with E-state index in [2.05, 4.69) is 19.2 Å². The molecule has 0 radical (unpaired) electrons. The van der Waals surface area contributed by atoms with Gasteiger partial charge in [0.15, 0.2) is 0 Å². The largest absolute Gasteiger partial charge is 0.310 e. The van der Waals surface area contributed by atoms with Gasteiger partial charge in [0.2, 0.25) is 0 Å². The lowest BCUT2D eigenvalue weighted by molar-refractivity contribution is 0.417. The van der Waals surface area contributed by atoms with Crippen LogP contribution in [-0.2, 0) is 5.75 Å². The van der Waals surface area contributed by atoms with Gasteiger partial charge >= 0.3 is 0 Å². The van der Waals surface area contributed by atoms with Gasteiger partial charge in [-0.25, -0.2) is 4.39 Å². The first-order valence-electron chi connectivity index (χ1n) is 6.43. The number of halogens is 2. The zero-order valence-corrected chi connectivity index (χ0v) is 12.4. The summed E-state index contributed by atoms with van der Waals surface area (Å²) >= 11 is 7.67. The first kappa shape index (κ1) is 14.2. The van der Waals surface area contributed by atoms with Crippen molar-refractivity contribution in [2.45, 2.75) is 32.1 Å². The lowest BCUT2D eigenvalue weighted by Gasteiger charge is -2.24. The van der Waals surface area contributed by atoms with E-state index >= 15 is 0 Å². The van der Waals surface area contributed by atoms with E-state index in [0.29, 0.717) is 5.92 Å². The van der Waals surface area contributed by atoms with Crippen molar-refractivity contribution < 1.29 is 4.39 Å². The maximum Gasteiger partial charge on any atom is 0.146 e. The molecule has 0 saturated heterocycles. The van der Waals surface area contributed by atoms with Crippen LogP contribution in [0.2, 0.25) is 5.02 Å². The minimum absolute atomic E-state index is 0.234. The highest BCUT2D eigenvalue weighted by Crippen LogP contribution is 2.37. The van der Waals surface area contributed by atoms with Gasteiger partial charge < -0.3 is 5.32 Å². The molecule has 1 aliphatic rings. The van der Waals surface area contributed by atoms with Gasteiger partial charge in [-0.2, -0.15) is 11.8 Å². The second-order valence-corrected chi connectivity index (χ2v) is 6.29. The molecule has 100 valence electrons. The Hall–Kier alpha value is -0.250. The van der Waals surface area contributed by atoms with Gasteiger partial charge in [-0.15, -0.1) is 0 Å². The van der Waals surface area contributed by atoms with Crippen LogP contribution in [0.1, 0.15) is 37.4 Å². The van der Waals surface area contributed by atoms with Crippen molar-refractivity contribution in [1.29, 1.82) is 0 Å². The molecule has 0 bridgehead atoms. The molecular formula is C14H19ClFNS. The first-order valence-corrected chi connectivity index (χ1v) is 7.96. The van der Waals surface area contributed by atoms with Crippen molar-refractivity contribution in [2.24, 2.45) is 5.92 Å². The third-order valence-corrected chi connectivity index (χ3v) is 4.92. The number of benzene rings is 1. The van der Waals surface area contributed by atoms with E-state index in [0.717, 1.165) is 35.6 Å². The summed E-state index contributed by atoms with van der Waals surface area (Å²) in [6.45, 7) is 5.33. The van der Waals surface area contributed by atoms with Crippen LogP contribution < -0.4 is 5.32 Å².